The molecule has 0 radical (unpaired) electrons. The van der Waals surface area contributed by atoms with Gasteiger partial charge in [-0.05, 0) is 18.6 Å². The minimum atomic E-state index is -0.987. The summed E-state index contributed by atoms with van der Waals surface area (Å²) in [6, 6.07) is 5.33. The summed E-state index contributed by atoms with van der Waals surface area (Å²) in [6.45, 7) is 1.28. The number of aromatic nitrogens is 6. The number of pyridine rings is 1. The van der Waals surface area contributed by atoms with Gasteiger partial charge in [-0.1, -0.05) is 0 Å². The van der Waals surface area contributed by atoms with E-state index in [1.807, 2.05) is 22.9 Å². The molecule has 6 rings (SSSR count). The quantitative estimate of drug-likeness (QED) is 0.492. The number of fused-ring (bicyclic) bond motifs is 2. The Bertz CT molecular complexity index is 1340. The Labute approximate surface area is 181 Å². The van der Waals surface area contributed by atoms with Crippen molar-refractivity contribution in [3.63, 3.8) is 0 Å². The molecule has 2 N–H and O–H groups in total. The first-order chi connectivity index (χ1) is 15.6. The van der Waals surface area contributed by atoms with Gasteiger partial charge in [0.15, 0.2) is 11.3 Å². The van der Waals surface area contributed by atoms with Crippen LogP contribution in [0.4, 0.5) is 10.2 Å². The molecule has 5 heterocycles. The van der Waals surface area contributed by atoms with Crippen molar-refractivity contribution in [3.8, 4) is 11.4 Å². The van der Waals surface area contributed by atoms with Crippen LogP contribution in [0.15, 0.2) is 30.6 Å². The minimum absolute atomic E-state index is 0.108. The lowest BCUT2D eigenvalue weighted by Crippen LogP contribution is -2.27. The second-order valence-corrected chi connectivity index (χ2v) is 8.09. The van der Waals surface area contributed by atoms with Gasteiger partial charge in [0.25, 0.3) is 5.91 Å². The summed E-state index contributed by atoms with van der Waals surface area (Å²) in [5.74, 6) is 0.256. The molecule has 32 heavy (non-hydrogen) atoms. The number of hydrogen-bond acceptors (Lipinski definition) is 7. The minimum Gasteiger partial charge on any atom is -0.379 e. The van der Waals surface area contributed by atoms with Crippen LogP contribution in [-0.2, 0) is 4.74 Å². The molecule has 1 amide bonds. The van der Waals surface area contributed by atoms with Crippen molar-refractivity contribution in [2.45, 2.75) is 31.1 Å². The molecule has 1 aliphatic carbocycles. The third-order valence-electron chi connectivity index (χ3n) is 5.96. The van der Waals surface area contributed by atoms with Crippen molar-refractivity contribution in [1.82, 2.24) is 34.7 Å². The van der Waals surface area contributed by atoms with E-state index in [1.165, 1.54) is 6.20 Å². The number of halogens is 1. The molecule has 1 saturated heterocycles. The molecule has 1 unspecified atom stereocenters. The predicted octanol–water partition coefficient (Wildman–Crippen LogP) is 1.98. The van der Waals surface area contributed by atoms with Gasteiger partial charge in [-0.2, -0.15) is 14.7 Å². The first kappa shape index (κ1) is 19.1. The first-order valence-corrected chi connectivity index (χ1v) is 10.6. The van der Waals surface area contributed by atoms with Crippen molar-refractivity contribution < 1.29 is 13.9 Å². The largest absolute Gasteiger partial charge is 0.379 e. The number of anilines is 1. The third-order valence-corrected chi connectivity index (χ3v) is 5.96. The molecule has 11 heteroatoms. The molecule has 1 saturated carbocycles. The lowest BCUT2D eigenvalue weighted by atomic mass is 10.2. The Balaban J connectivity index is 1.50. The molecule has 10 nitrogen and oxygen atoms in total. The van der Waals surface area contributed by atoms with Crippen molar-refractivity contribution in [1.29, 1.82) is 0 Å². The Morgan fingerprint density at radius 1 is 1.34 bits per heavy atom. The summed E-state index contributed by atoms with van der Waals surface area (Å²) in [5.41, 5.74) is 2.67. The molecular formula is C21H21FN8O2. The Morgan fingerprint density at radius 2 is 2.22 bits per heavy atom. The fraction of sp³-hybridized carbons (Fsp3) is 0.381. The number of rotatable bonds is 5. The van der Waals surface area contributed by atoms with E-state index in [0.29, 0.717) is 42.5 Å². The molecule has 4 aromatic heterocycles. The van der Waals surface area contributed by atoms with Crippen molar-refractivity contribution >= 4 is 28.4 Å². The number of nitrogens with one attached hydrogen (secondary N) is 2. The number of carbonyl (C=O) groups excluding carboxylic acids is 1. The fourth-order valence-electron chi connectivity index (χ4n) is 4.11. The van der Waals surface area contributed by atoms with E-state index in [2.05, 4.69) is 20.7 Å². The number of nitrogens with zero attached hydrogens (tertiary/aromatic N) is 6. The lowest BCUT2D eigenvalue weighted by Gasteiger charge is -2.09. The van der Waals surface area contributed by atoms with Gasteiger partial charge in [-0.15, -0.1) is 0 Å². The maximum Gasteiger partial charge on any atom is 0.257 e. The zero-order valence-corrected chi connectivity index (χ0v) is 17.3. The van der Waals surface area contributed by atoms with Crippen LogP contribution >= 0.6 is 0 Å². The van der Waals surface area contributed by atoms with Gasteiger partial charge in [-0.3, -0.25) is 4.79 Å². The van der Waals surface area contributed by atoms with E-state index in [0.717, 1.165) is 17.5 Å². The predicted molar refractivity (Wildman–Crippen MR) is 114 cm³/mol. The molecule has 2 aliphatic rings. The maximum absolute atomic E-state index is 13.3. The molecule has 164 valence electrons. The van der Waals surface area contributed by atoms with E-state index in [-0.39, 0.29) is 11.6 Å². The molecular weight excluding hydrogens is 415 g/mol. The highest BCUT2D eigenvalue weighted by molar-refractivity contribution is 6.01. The number of carbonyl (C=O) groups is 1. The van der Waals surface area contributed by atoms with Gasteiger partial charge in [0, 0.05) is 37.7 Å². The summed E-state index contributed by atoms with van der Waals surface area (Å²) in [6.07, 6.45) is 3.41. The molecule has 0 spiro atoms. The van der Waals surface area contributed by atoms with Crippen molar-refractivity contribution in [3.05, 3.63) is 36.2 Å². The number of hydrogen-bond donors (Lipinski definition) is 2. The normalized spacial score (nSPS) is 22.5. The summed E-state index contributed by atoms with van der Waals surface area (Å²) >= 11 is 0. The van der Waals surface area contributed by atoms with Crippen LogP contribution < -0.4 is 10.6 Å². The van der Waals surface area contributed by atoms with Crippen LogP contribution in [0.5, 0.6) is 0 Å². The van der Waals surface area contributed by atoms with Crippen molar-refractivity contribution in [2.75, 3.05) is 25.6 Å². The monoisotopic (exact) mass is 436 g/mol. The SMILES string of the molecule is CNc1cc(-c2nn([C@@H]3CCOC3)c3ncccc23)nc2c(C(=O)NC3C[C@@H]3F)cnn12. The Morgan fingerprint density at radius 3 is 2.97 bits per heavy atom. The van der Waals surface area contributed by atoms with Gasteiger partial charge < -0.3 is 15.4 Å². The third kappa shape index (κ3) is 3.00. The molecule has 0 bridgehead atoms. The topological polar surface area (TPSA) is 111 Å². The standard InChI is InChI=1S/C21H21FN8O2/c1-23-17-8-16(26-20-13(9-25-30(17)20)21(31)27-15-7-14(15)22)18-12-3-2-5-24-19(12)29(28-18)11-4-6-32-10-11/h2-3,5,8-9,11,14-15,23H,4,6-7,10H2,1H3,(H,27,31)/t11-,14+,15?/m1/s1. The van der Waals surface area contributed by atoms with Gasteiger partial charge in [0.05, 0.1) is 30.6 Å². The van der Waals surface area contributed by atoms with Crippen LogP contribution in [0.2, 0.25) is 0 Å². The molecule has 1 aliphatic heterocycles. The smallest absolute Gasteiger partial charge is 0.257 e. The molecule has 3 atom stereocenters. The van der Waals surface area contributed by atoms with Crippen molar-refractivity contribution in [2.24, 2.45) is 0 Å². The van der Waals surface area contributed by atoms with E-state index in [4.69, 9.17) is 14.8 Å². The van der Waals surface area contributed by atoms with Gasteiger partial charge in [0.2, 0.25) is 0 Å². The molecule has 0 aromatic carbocycles. The summed E-state index contributed by atoms with van der Waals surface area (Å²) in [7, 11) is 1.77. The lowest BCUT2D eigenvalue weighted by molar-refractivity contribution is 0.0949. The number of ether oxygens (including phenoxy) is 1. The van der Waals surface area contributed by atoms with E-state index in [1.54, 1.807) is 17.8 Å². The highest BCUT2D eigenvalue weighted by Gasteiger charge is 2.39. The number of amides is 1. The fourth-order valence-corrected chi connectivity index (χ4v) is 4.11. The second-order valence-electron chi connectivity index (χ2n) is 8.09. The van der Waals surface area contributed by atoms with Gasteiger partial charge >= 0.3 is 0 Å². The Kier molecular flexibility index (Phi) is 4.32. The van der Waals surface area contributed by atoms with Crippen LogP contribution in [0.3, 0.4) is 0 Å². The molecule has 2 fully saturated rings. The number of alkyl halides is 1. The van der Waals surface area contributed by atoms with Crippen LogP contribution in [0.1, 0.15) is 29.2 Å². The van der Waals surface area contributed by atoms with E-state index >= 15 is 0 Å². The summed E-state index contributed by atoms with van der Waals surface area (Å²) in [5, 5.41) is 15.8. The van der Waals surface area contributed by atoms with E-state index in [9.17, 15) is 9.18 Å². The van der Waals surface area contributed by atoms with Crippen LogP contribution in [0.25, 0.3) is 28.1 Å². The highest BCUT2D eigenvalue weighted by Crippen LogP contribution is 2.32. The van der Waals surface area contributed by atoms with Crippen LogP contribution in [-0.4, -0.2) is 67.7 Å². The zero-order chi connectivity index (χ0) is 21.8. The summed E-state index contributed by atoms with van der Waals surface area (Å²) in [4.78, 5) is 22.0. The Hall–Kier alpha value is -3.60. The van der Waals surface area contributed by atoms with E-state index < -0.39 is 18.1 Å². The average Bonchev–Trinajstić information content (AvgIpc) is 3.26. The highest BCUT2D eigenvalue weighted by atomic mass is 19.1. The van der Waals surface area contributed by atoms with Gasteiger partial charge in [-0.25, -0.2) is 19.0 Å². The second kappa shape index (κ2) is 7.23. The van der Waals surface area contributed by atoms with Gasteiger partial charge in [0.1, 0.15) is 23.2 Å². The summed E-state index contributed by atoms with van der Waals surface area (Å²) < 4.78 is 22.3. The average molecular weight is 436 g/mol. The zero-order valence-electron chi connectivity index (χ0n) is 17.3. The molecule has 4 aromatic rings. The maximum atomic E-state index is 13.3. The van der Waals surface area contributed by atoms with Crippen LogP contribution in [0, 0.1) is 0 Å². The first-order valence-electron chi connectivity index (χ1n) is 10.6.